The minimum absolute atomic E-state index is 0.989. The Hall–Kier alpha value is -2.30. The number of aromatic nitrogens is 2. The zero-order valence-corrected chi connectivity index (χ0v) is 15.6. The van der Waals surface area contributed by atoms with Crippen LogP contribution in [-0.4, -0.2) is 49.7 Å². The predicted molar refractivity (Wildman–Crippen MR) is 106 cm³/mol. The molecule has 1 aliphatic heterocycles. The van der Waals surface area contributed by atoms with Gasteiger partial charge in [0.15, 0.2) is 0 Å². The van der Waals surface area contributed by atoms with Crippen LogP contribution in [0.2, 0.25) is 0 Å². The van der Waals surface area contributed by atoms with Crippen LogP contribution in [-0.2, 0) is 0 Å². The highest BCUT2D eigenvalue weighted by Gasteiger charge is 2.19. The Labute approximate surface area is 151 Å². The lowest BCUT2D eigenvalue weighted by Crippen LogP contribution is -2.46. The number of unbranched alkanes of at least 4 members (excludes halogenated alkanes) is 1. The summed E-state index contributed by atoms with van der Waals surface area (Å²) in [7, 11) is 2.11. The fourth-order valence-electron chi connectivity index (χ4n) is 3.25. The molecule has 0 aliphatic carbocycles. The van der Waals surface area contributed by atoms with E-state index in [-0.39, 0.29) is 0 Å². The van der Waals surface area contributed by atoms with E-state index in [0.29, 0.717) is 0 Å². The third-order valence-corrected chi connectivity index (χ3v) is 4.85. The highest BCUT2D eigenvalue weighted by molar-refractivity contribution is 5.53. The molecule has 0 unspecified atom stereocenters. The topological polar surface area (TPSA) is 35.5 Å². The molecule has 25 heavy (non-hydrogen) atoms. The Balaban J connectivity index is 1.63. The third-order valence-electron chi connectivity index (χ3n) is 4.85. The fourth-order valence-corrected chi connectivity index (χ4v) is 3.25. The Morgan fingerprint density at radius 2 is 1.80 bits per heavy atom. The van der Waals surface area contributed by atoms with Crippen molar-refractivity contribution in [1.29, 1.82) is 0 Å². The summed E-state index contributed by atoms with van der Waals surface area (Å²) in [5, 5.41) is 0. The molecule has 1 fully saturated rings. The summed E-state index contributed by atoms with van der Waals surface area (Å²) in [6.07, 6.45) is 4.08. The van der Waals surface area contributed by atoms with Gasteiger partial charge in [0.25, 0.3) is 0 Å². The molecule has 1 saturated heterocycles. The summed E-state index contributed by atoms with van der Waals surface area (Å²) < 4.78 is 0. The van der Waals surface area contributed by atoms with Crippen LogP contribution >= 0.6 is 0 Å². The molecule has 0 amide bonds. The molecular formula is C20H29N5. The maximum atomic E-state index is 4.51. The zero-order valence-electron chi connectivity index (χ0n) is 15.6. The number of anilines is 3. The van der Waals surface area contributed by atoms with Gasteiger partial charge in [-0.1, -0.05) is 25.5 Å². The van der Waals surface area contributed by atoms with Crippen molar-refractivity contribution in [1.82, 2.24) is 9.97 Å². The van der Waals surface area contributed by atoms with Gasteiger partial charge in [-0.2, -0.15) is 0 Å². The Kier molecular flexibility index (Phi) is 5.74. The lowest BCUT2D eigenvalue weighted by Gasteiger charge is -2.37. The minimum atomic E-state index is 0.989. The molecule has 0 radical (unpaired) electrons. The number of benzene rings is 1. The molecule has 134 valence electrons. The smallest absolute Gasteiger partial charge is 0.134 e. The first-order valence-corrected chi connectivity index (χ1v) is 9.27. The van der Waals surface area contributed by atoms with E-state index in [4.69, 9.17) is 0 Å². The number of aryl methyl sites for hydroxylation is 1. The van der Waals surface area contributed by atoms with E-state index in [1.54, 1.807) is 6.33 Å². The van der Waals surface area contributed by atoms with Gasteiger partial charge in [0.1, 0.15) is 18.0 Å². The van der Waals surface area contributed by atoms with Crippen LogP contribution in [0.15, 0.2) is 36.7 Å². The lowest BCUT2D eigenvalue weighted by molar-refractivity contribution is 0.646. The molecule has 0 atom stereocenters. The molecular weight excluding hydrogens is 310 g/mol. The van der Waals surface area contributed by atoms with Crippen LogP contribution in [0, 0.1) is 6.92 Å². The van der Waals surface area contributed by atoms with Crippen molar-refractivity contribution in [2.45, 2.75) is 26.7 Å². The van der Waals surface area contributed by atoms with Crippen LogP contribution in [0.3, 0.4) is 0 Å². The van der Waals surface area contributed by atoms with Crippen molar-refractivity contribution < 1.29 is 0 Å². The van der Waals surface area contributed by atoms with Crippen molar-refractivity contribution in [2.24, 2.45) is 0 Å². The monoisotopic (exact) mass is 339 g/mol. The van der Waals surface area contributed by atoms with Gasteiger partial charge in [-0.25, -0.2) is 9.97 Å². The zero-order chi connectivity index (χ0) is 17.6. The first-order valence-electron chi connectivity index (χ1n) is 9.27. The van der Waals surface area contributed by atoms with Gasteiger partial charge >= 0.3 is 0 Å². The standard InChI is InChI=1S/C20H29N5/c1-4-5-9-23(3)19-15-20(22-16-21-19)25-12-10-24(11-13-25)18-8-6-7-17(2)14-18/h6-8,14-16H,4-5,9-13H2,1-3H3. The highest BCUT2D eigenvalue weighted by Crippen LogP contribution is 2.22. The quantitative estimate of drug-likeness (QED) is 0.806. The predicted octanol–water partition coefficient (Wildman–Crippen LogP) is 3.35. The summed E-state index contributed by atoms with van der Waals surface area (Å²) in [5.41, 5.74) is 2.64. The van der Waals surface area contributed by atoms with Gasteiger partial charge in [0.05, 0.1) is 0 Å². The van der Waals surface area contributed by atoms with Crippen molar-refractivity contribution in [2.75, 3.05) is 54.5 Å². The molecule has 1 aliphatic rings. The van der Waals surface area contributed by atoms with Crippen molar-refractivity contribution in [3.8, 4) is 0 Å². The molecule has 1 aromatic carbocycles. The van der Waals surface area contributed by atoms with E-state index < -0.39 is 0 Å². The van der Waals surface area contributed by atoms with Crippen LogP contribution in [0.4, 0.5) is 17.3 Å². The van der Waals surface area contributed by atoms with E-state index in [2.05, 4.69) is 75.9 Å². The van der Waals surface area contributed by atoms with Gasteiger partial charge in [0.2, 0.25) is 0 Å². The van der Waals surface area contributed by atoms with Crippen LogP contribution in [0.1, 0.15) is 25.3 Å². The normalized spacial score (nSPS) is 14.7. The second kappa shape index (κ2) is 8.19. The minimum Gasteiger partial charge on any atom is -0.368 e. The maximum Gasteiger partial charge on any atom is 0.134 e. The third kappa shape index (κ3) is 4.41. The molecule has 0 saturated carbocycles. The Morgan fingerprint density at radius 3 is 2.52 bits per heavy atom. The van der Waals surface area contributed by atoms with E-state index in [1.807, 2.05) is 0 Å². The van der Waals surface area contributed by atoms with E-state index in [0.717, 1.165) is 44.4 Å². The Bertz CT molecular complexity index is 679. The summed E-state index contributed by atoms with van der Waals surface area (Å²) in [5.74, 6) is 2.05. The van der Waals surface area contributed by atoms with E-state index >= 15 is 0 Å². The van der Waals surface area contributed by atoms with Gasteiger partial charge in [0, 0.05) is 51.5 Å². The highest BCUT2D eigenvalue weighted by atomic mass is 15.3. The molecule has 2 heterocycles. The molecule has 5 nitrogen and oxygen atoms in total. The molecule has 3 rings (SSSR count). The van der Waals surface area contributed by atoms with Crippen molar-refractivity contribution in [3.63, 3.8) is 0 Å². The number of piperazine rings is 1. The van der Waals surface area contributed by atoms with E-state index in [9.17, 15) is 0 Å². The molecule has 2 aromatic rings. The SMILES string of the molecule is CCCCN(C)c1cc(N2CCN(c3cccc(C)c3)CC2)ncn1. The number of hydrogen-bond donors (Lipinski definition) is 0. The molecule has 1 aromatic heterocycles. The number of rotatable bonds is 6. The lowest BCUT2D eigenvalue weighted by atomic mass is 10.2. The maximum absolute atomic E-state index is 4.51. The number of hydrogen-bond acceptors (Lipinski definition) is 5. The van der Waals surface area contributed by atoms with Gasteiger partial charge in [-0.3, -0.25) is 0 Å². The second-order valence-electron chi connectivity index (χ2n) is 6.82. The Morgan fingerprint density at radius 1 is 1.04 bits per heavy atom. The van der Waals surface area contributed by atoms with Crippen LogP contribution in [0.5, 0.6) is 0 Å². The molecule has 5 heteroatoms. The average molecular weight is 339 g/mol. The van der Waals surface area contributed by atoms with E-state index in [1.165, 1.54) is 24.1 Å². The largest absolute Gasteiger partial charge is 0.368 e. The van der Waals surface area contributed by atoms with Crippen LogP contribution in [0.25, 0.3) is 0 Å². The second-order valence-corrected chi connectivity index (χ2v) is 6.82. The summed E-state index contributed by atoms with van der Waals surface area (Å²) in [4.78, 5) is 16.0. The van der Waals surface area contributed by atoms with Crippen LogP contribution < -0.4 is 14.7 Å². The van der Waals surface area contributed by atoms with Crippen molar-refractivity contribution >= 4 is 17.3 Å². The summed E-state index contributed by atoms with van der Waals surface area (Å²) in [6, 6.07) is 10.9. The van der Waals surface area contributed by atoms with Gasteiger partial charge in [-0.15, -0.1) is 0 Å². The first kappa shape index (κ1) is 17.5. The first-order chi connectivity index (χ1) is 12.2. The van der Waals surface area contributed by atoms with Gasteiger partial charge < -0.3 is 14.7 Å². The molecule has 0 N–H and O–H groups in total. The fraction of sp³-hybridized carbons (Fsp3) is 0.500. The number of nitrogens with zero attached hydrogens (tertiary/aromatic N) is 5. The summed E-state index contributed by atoms with van der Waals surface area (Å²) >= 11 is 0. The summed E-state index contributed by atoms with van der Waals surface area (Å²) in [6.45, 7) is 9.42. The molecule has 0 bridgehead atoms. The van der Waals surface area contributed by atoms with Gasteiger partial charge in [-0.05, 0) is 31.0 Å². The van der Waals surface area contributed by atoms with Crippen molar-refractivity contribution in [3.05, 3.63) is 42.2 Å². The molecule has 0 spiro atoms. The average Bonchev–Trinajstić information content (AvgIpc) is 2.66.